The standard InChI is InChI=1S/C18H20N2O5/c1-10-15-13(21)8-18(2,3)9-14(15)25-16(10)17(22)19-11-6-4-5-7-12(11)20(23)24/h4-7,13,21H,8-9H2,1-3H3,(H,19,22). The molecule has 1 heterocycles. The van der Waals surface area contributed by atoms with Gasteiger partial charge in [-0.15, -0.1) is 0 Å². The Labute approximate surface area is 144 Å². The van der Waals surface area contributed by atoms with E-state index < -0.39 is 16.9 Å². The molecule has 0 saturated carbocycles. The molecule has 0 saturated heterocycles. The van der Waals surface area contributed by atoms with Crippen molar-refractivity contribution in [2.75, 3.05) is 5.32 Å². The minimum absolute atomic E-state index is 0.0832. The lowest BCUT2D eigenvalue weighted by molar-refractivity contribution is -0.383. The highest BCUT2D eigenvalue weighted by Crippen LogP contribution is 2.44. The van der Waals surface area contributed by atoms with Crippen LogP contribution in [0.15, 0.2) is 28.7 Å². The maximum absolute atomic E-state index is 12.6. The summed E-state index contributed by atoms with van der Waals surface area (Å²) in [6, 6.07) is 5.92. The maximum Gasteiger partial charge on any atom is 0.292 e. The van der Waals surface area contributed by atoms with Crippen molar-refractivity contribution in [1.29, 1.82) is 0 Å². The number of nitrogens with zero attached hydrogens (tertiary/aromatic N) is 1. The zero-order valence-electron chi connectivity index (χ0n) is 14.3. The molecule has 3 rings (SSSR count). The summed E-state index contributed by atoms with van der Waals surface area (Å²) in [5.41, 5.74) is 1.03. The number of carbonyl (C=O) groups is 1. The molecule has 1 amide bonds. The SMILES string of the molecule is Cc1c(C(=O)Nc2ccccc2[N+](=O)[O-])oc2c1C(O)CC(C)(C)C2. The van der Waals surface area contributed by atoms with Crippen LogP contribution in [0.5, 0.6) is 0 Å². The van der Waals surface area contributed by atoms with E-state index in [4.69, 9.17) is 4.42 Å². The highest BCUT2D eigenvalue weighted by atomic mass is 16.6. The lowest BCUT2D eigenvalue weighted by Crippen LogP contribution is -2.24. The number of amides is 1. The van der Waals surface area contributed by atoms with Gasteiger partial charge < -0.3 is 14.8 Å². The molecular weight excluding hydrogens is 324 g/mol. The summed E-state index contributed by atoms with van der Waals surface area (Å²) in [5, 5.41) is 24.0. The van der Waals surface area contributed by atoms with Gasteiger partial charge in [0.25, 0.3) is 11.6 Å². The summed E-state index contributed by atoms with van der Waals surface area (Å²) in [6.07, 6.45) is 0.528. The molecule has 1 aliphatic carbocycles. The maximum atomic E-state index is 12.6. The number of hydrogen-bond acceptors (Lipinski definition) is 5. The molecule has 7 heteroatoms. The van der Waals surface area contributed by atoms with Gasteiger partial charge in [-0.1, -0.05) is 26.0 Å². The summed E-state index contributed by atoms with van der Waals surface area (Å²) in [5.74, 6) is 0.125. The van der Waals surface area contributed by atoms with Crippen LogP contribution in [0.25, 0.3) is 0 Å². The van der Waals surface area contributed by atoms with Gasteiger partial charge in [0.15, 0.2) is 5.76 Å². The molecule has 1 unspecified atom stereocenters. The smallest absolute Gasteiger partial charge is 0.292 e. The van der Waals surface area contributed by atoms with Crippen LogP contribution in [0, 0.1) is 22.5 Å². The minimum atomic E-state index is -0.685. The number of nitro benzene ring substituents is 1. The molecule has 0 radical (unpaired) electrons. The summed E-state index contributed by atoms with van der Waals surface area (Å²) in [6.45, 7) is 5.78. The molecule has 0 aliphatic heterocycles. The Morgan fingerprint density at radius 1 is 1.40 bits per heavy atom. The fraction of sp³-hybridized carbons (Fsp3) is 0.389. The first-order valence-electron chi connectivity index (χ1n) is 8.04. The van der Waals surface area contributed by atoms with Crippen LogP contribution in [0.1, 0.15) is 53.8 Å². The van der Waals surface area contributed by atoms with Crippen LogP contribution >= 0.6 is 0 Å². The van der Waals surface area contributed by atoms with Crippen LogP contribution in [0.2, 0.25) is 0 Å². The Bertz CT molecular complexity index is 853. The highest BCUT2D eigenvalue weighted by molar-refractivity contribution is 6.04. The third kappa shape index (κ3) is 3.15. The topological polar surface area (TPSA) is 106 Å². The van der Waals surface area contributed by atoms with Crippen molar-refractivity contribution < 1.29 is 19.2 Å². The highest BCUT2D eigenvalue weighted by Gasteiger charge is 2.37. The zero-order valence-corrected chi connectivity index (χ0v) is 14.3. The lowest BCUT2D eigenvalue weighted by atomic mass is 9.75. The number of fused-ring (bicyclic) bond motifs is 1. The molecule has 1 aromatic carbocycles. The molecule has 1 aromatic heterocycles. The predicted octanol–water partition coefficient (Wildman–Crippen LogP) is 3.75. The number of rotatable bonds is 3. The molecular formula is C18H20N2O5. The molecule has 1 aliphatic rings. The second kappa shape index (κ2) is 6.00. The normalized spacial score (nSPS) is 18.5. The van der Waals surface area contributed by atoms with E-state index in [0.717, 1.165) is 0 Å². The van der Waals surface area contributed by atoms with Crippen LogP contribution in [-0.4, -0.2) is 15.9 Å². The summed E-state index contributed by atoms with van der Waals surface area (Å²) in [7, 11) is 0. The molecule has 2 aromatic rings. The average Bonchev–Trinajstić information content (AvgIpc) is 2.83. The molecule has 132 valence electrons. The first kappa shape index (κ1) is 17.2. The number of para-hydroxylation sites is 2. The Morgan fingerprint density at radius 3 is 2.76 bits per heavy atom. The van der Waals surface area contributed by atoms with E-state index in [9.17, 15) is 20.0 Å². The van der Waals surface area contributed by atoms with Crippen molar-refractivity contribution in [1.82, 2.24) is 0 Å². The monoisotopic (exact) mass is 344 g/mol. The van der Waals surface area contributed by atoms with Crippen molar-refractivity contribution >= 4 is 17.3 Å². The number of nitrogens with one attached hydrogen (secondary N) is 1. The van der Waals surface area contributed by atoms with Gasteiger partial charge in [-0.25, -0.2) is 0 Å². The fourth-order valence-electron chi connectivity index (χ4n) is 3.42. The van der Waals surface area contributed by atoms with Crippen molar-refractivity contribution in [2.45, 2.75) is 39.7 Å². The second-order valence-electron chi connectivity index (χ2n) is 7.18. The van der Waals surface area contributed by atoms with Crippen molar-refractivity contribution in [3.8, 4) is 0 Å². The summed E-state index contributed by atoms with van der Waals surface area (Å²) >= 11 is 0. The van der Waals surface area contributed by atoms with Gasteiger partial charge in [0, 0.05) is 23.6 Å². The van der Waals surface area contributed by atoms with E-state index in [1.165, 1.54) is 18.2 Å². The number of benzene rings is 1. The van der Waals surface area contributed by atoms with Gasteiger partial charge in [-0.2, -0.15) is 0 Å². The molecule has 0 spiro atoms. The van der Waals surface area contributed by atoms with Crippen LogP contribution in [-0.2, 0) is 6.42 Å². The van der Waals surface area contributed by atoms with Crippen molar-refractivity contribution in [3.63, 3.8) is 0 Å². The number of nitro groups is 1. The zero-order chi connectivity index (χ0) is 18.4. The van der Waals surface area contributed by atoms with E-state index in [2.05, 4.69) is 5.32 Å². The second-order valence-corrected chi connectivity index (χ2v) is 7.18. The van der Waals surface area contributed by atoms with Crippen LogP contribution < -0.4 is 5.32 Å². The number of anilines is 1. The van der Waals surface area contributed by atoms with E-state index in [1.54, 1.807) is 13.0 Å². The van der Waals surface area contributed by atoms with Gasteiger partial charge in [0.05, 0.1) is 11.0 Å². The fourth-order valence-corrected chi connectivity index (χ4v) is 3.42. The van der Waals surface area contributed by atoms with Crippen molar-refractivity contribution in [3.05, 3.63) is 57.0 Å². The molecule has 25 heavy (non-hydrogen) atoms. The van der Waals surface area contributed by atoms with Gasteiger partial charge in [0.2, 0.25) is 0 Å². The van der Waals surface area contributed by atoms with Crippen LogP contribution in [0.3, 0.4) is 0 Å². The number of carbonyl (C=O) groups excluding carboxylic acids is 1. The Morgan fingerprint density at radius 2 is 2.08 bits per heavy atom. The number of aliphatic hydroxyl groups excluding tert-OH is 1. The predicted molar refractivity (Wildman–Crippen MR) is 91.6 cm³/mol. The van der Waals surface area contributed by atoms with E-state index in [-0.39, 0.29) is 22.6 Å². The number of aliphatic hydroxyl groups is 1. The Kier molecular flexibility index (Phi) is 4.12. The summed E-state index contributed by atoms with van der Waals surface area (Å²) < 4.78 is 5.74. The summed E-state index contributed by atoms with van der Waals surface area (Å²) in [4.78, 5) is 23.1. The largest absolute Gasteiger partial charge is 0.455 e. The van der Waals surface area contributed by atoms with E-state index in [0.29, 0.717) is 29.7 Å². The van der Waals surface area contributed by atoms with E-state index >= 15 is 0 Å². The van der Waals surface area contributed by atoms with Gasteiger partial charge in [-0.3, -0.25) is 14.9 Å². The third-order valence-electron chi connectivity index (χ3n) is 4.54. The van der Waals surface area contributed by atoms with Gasteiger partial charge >= 0.3 is 0 Å². The van der Waals surface area contributed by atoms with Crippen LogP contribution in [0.4, 0.5) is 11.4 Å². The molecule has 7 nitrogen and oxygen atoms in total. The molecule has 2 N–H and O–H groups in total. The van der Waals surface area contributed by atoms with Gasteiger partial charge in [0.1, 0.15) is 11.4 Å². The molecule has 0 bridgehead atoms. The Hall–Kier alpha value is -2.67. The number of hydrogen-bond donors (Lipinski definition) is 2. The first-order valence-corrected chi connectivity index (χ1v) is 8.04. The Balaban J connectivity index is 1.94. The number of furan rings is 1. The van der Waals surface area contributed by atoms with E-state index in [1.807, 2.05) is 13.8 Å². The van der Waals surface area contributed by atoms with Gasteiger partial charge in [-0.05, 0) is 24.8 Å². The molecule has 0 fully saturated rings. The third-order valence-corrected chi connectivity index (χ3v) is 4.54. The quantitative estimate of drug-likeness (QED) is 0.651. The lowest BCUT2D eigenvalue weighted by Gasteiger charge is -2.31. The van der Waals surface area contributed by atoms with Crippen molar-refractivity contribution in [2.24, 2.45) is 5.41 Å². The first-order chi connectivity index (χ1) is 11.7. The molecule has 1 atom stereocenters. The average molecular weight is 344 g/mol. The minimum Gasteiger partial charge on any atom is -0.455 e.